The van der Waals surface area contributed by atoms with Crippen LogP contribution in [0.25, 0.3) is 21.9 Å². The second-order valence-corrected chi connectivity index (χ2v) is 12.5. The fourth-order valence-corrected chi connectivity index (χ4v) is 5.46. The third-order valence-electron chi connectivity index (χ3n) is 7.18. The number of anilines is 1. The van der Waals surface area contributed by atoms with Crippen LogP contribution in [0.15, 0.2) is 49.1 Å². The SMILES string of the molecule is CC(C)(O)O.COC(=O)Cc1cc2ccc(NC(C)(C)C)nc2cc1CC[C@@H]1CC[C@H](n2ccc3cncnc32)C1.[HH]. The molecule has 1 saturated carbocycles. The number of nitrogens with one attached hydrogen (secondary N) is 1. The lowest BCUT2D eigenvalue weighted by Crippen LogP contribution is -2.26. The molecule has 3 heterocycles. The van der Waals surface area contributed by atoms with Gasteiger partial charge in [0.15, 0.2) is 5.79 Å². The molecule has 0 amide bonds. The number of aliphatic hydroxyl groups is 2. The number of carbonyl (C=O) groups excluding carboxylic acids is 1. The third kappa shape index (κ3) is 8.71. The highest BCUT2D eigenvalue weighted by Gasteiger charge is 2.27. The molecular weight excluding hydrogens is 518 g/mol. The molecular formula is C32H45N5O4. The van der Waals surface area contributed by atoms with Gasteiger partial charge in [0.25, 0.3) is 0 Å². The van der Waals surface area contributed by atoms with Crippen molar-refractivity contribution in [3.63, 3.8) is 0 Å². The average Bonchev–Trinajstić information content (AvgIpc) is 3.52. The number of nitrogens with zero attached hydrogens (tertiary/aromatic N) is 4. The van der Waals surface area contributed by atoms with Gasteiger partial charge >= 0.3 is 5.97 Å². The highest BCUT2D eigenvalue weighted by Crippen LogP contribution is 2.39. The van der Waals surface area contributed by atoms with Crippen LogP contribution in [0.2, 0.25) is 0 Å². The Balaban J connectivity index is 0.000000745. The Morgan fingerprint density at radius 2 is 1.85 bits per heavy atom. The molecule has 9 nitrogen and oxygen atoms in total. The molecule has 1 aliphatic carbocycles. The highest BCUT2D eigenvalue weighted by molar-refractivity contribution is 5.84. The number of carbonyl (C=O) groups is 1. The zero-order valence-corrected chi connectivity index (χ0v) is 25.0. The first-order valence-corrected chi connectivity index (χ1v) is 14.3. The van der Waals surface area contributed by atoms with Crippen molar-refractivity contribution in [2.45, 2.75) is 90.5 Å². The van der Waals surface area contributed by atoms with Crippen LogP contribution in [-0.2, 0) is 22.4 Å². The van der Waals surface area contributed by atoms with E-state index in [-0.39, 0.29) is 19.4 Å². The molecule has 0 bridgehead atoms. The number of aromatic nitrogens is 4. The van der Waals surface area contributed by atoms with Gasteiger partial charge in [-0.15, -0.1) is 0 Å². The first-order valence-electron chi connectivity index (χ1n) is 14.3. The minimum absolute atomic E-state index is 0. The summed E-state index contributed by atoms with van der Waals surface area (Å²) in [6.07, 6.45) is 11.5. The van der Waals surface area contributed by atoms with Gasteiger partial charge in [0.1, 0.15) is 17.8 Å². The number of hydrogen-bond donors (Lipinski definition) is 3. The quantitative estimate of drug-likeness (QED) is 0.190. The zero-order chi connectivity index (χ0) is 29.8. The van der Waals surface area contributed by atoms with Crippen LogP contribution >= 0.6 is 0 Å². The molecule has 9 heteroatoms. The zero-order valence-electron chi connectivity index (χ0n) is 25.0. The van der Waals surface area contributed by atoms with E-state index in [4.69, 9.17) is 19.9 Å². The molecule has 1 aliphatic rings. The Morgan fingerprint density at radius 3 is 2.56 bits per heavy atom. The summed E-state index contributed by atoms with van der Waals surface area (Å²) in [5.41, 5.74) is 4.14. The molecule has 41 heavy (non-hydrogen) atoms. The van der Waals surface area contributed by atoms with Gasteiger partial charge < -0.3 is 24.8 Å². The molecule has 3 N–H and O–H groups in total. The Morgan fingerprint density at radius 1 is 1.10 bits per heavy atom. The fraction of sp³-hybridized carbons (Fsp3) is 0.500. The van der Waals surface area contributed by atoms with Crippen LogP contribution in [0, 0.1) is 5.92 Å². The second kappa shape index (κ2) is 12.5. The molecule has 4 aromatic rings. The van der Waals surface area contributed by atoms with Crippen molar-refractivity contribution in [3.05, 3.63) is 60.2 Å². The lowest BCUT2D eigenvalue weighted by molar-refractivity contribution is -0.139. The number of methoxy groups -OCH3 is 1. The number of rotatable bonds is 7. The van der Waals surface area contributed by atoms with E-state index in [1.807, 2.05) is 12.3 Å². The van der Waals surface area contributed by atoms with Gasteiger partial charge in [-0.1, -0.05) is 0 Å². The molecule has 0 spiro atoms. The fourth-order valence-electron chi connectivity index (χ4n) is 5.46. The summed E-state index contributed by atoms with van der Waals surface area (Å²) in [4.78, 5) is 25.7. The van der Waals surface area contributed by atoms with E-state index in [1.165, 1.54) is 32.9 Å². The van der Waals surface area contributed by atoms with Crippen molar-refractivity contribution in [1.29, 1.82) is 0 Å². The monoisotopic (exact) mass is 563 g/mol. The van der Waals surface area contributed by atoms with E-state index >= 15 is 0 Å². The smallest absolute Gasteiger partial charge is 0.309 e. The maximum absolute atomic E-state index is 12.2. The van der Waals surface area contributed by atoms with Crippen molar-refractivity contribution in [2.24, 2.45) is 5.92 Å². The summed E-state index contributed by atoms with van der Waals surface area (Å²) in [5, 5.41) is 21.7. The molecule has 0 unspecified atom stereocenters. The van der Waals surface area contributed by atoms with E-state index in [2.05, 4.69) is 71.1 Å². The first kappa shape index (κ1) is 30.4. The van der Waals surface area contributed by atoms with Gasteiger partial charge in [0.2, 0.25) is 0 Å². The van der Waals surface area contributed by atoms with Crippen molar-refractivity contribution >= 4 is 33.7 Å². The summed E-state index contributed by atoms with van der Waals surface area (Å²) in [7, 11) is 1.45. The lowest BCUT2D eigenvalue weighted by Gasteiger charge is -2.21. The standard InChI is InChI=1S/C29H35N5O2.C3H8O2.H2/c1-29(2,3)33-26-10-8-21-14-23(16-27(35)36-4)20(15-25(21)32-26)7-5-19-6-9-24(13-19)34-12-11-22-17-30-18-31-28(22)34;1-3(2,4)5;/h8,10-12,14-15,17-19,24H,5-7,9,13,16H2,1-4H3,(H,32,33);4-5H,1-2H3;1H/t19-,24+;;/m1../s1. The number of pyridine rings is 1. The average molecular weight is 564 g/mol. The Hall–Kier alpha value is -3.56. The summed E-state index contributed by atoms with van der Waals surface area (Å²) in [6.45, 7) is 8.98. The topological polar surface area (TPSA) is 122 Å². The van der Waals surface area contributed by atoms with E-state index in [0.29, 0.717) is 12.0 Å². The summed E-state index contributed by atoms with van der Waals surface area (Å²) >= 11 is 0. The highest BCUT2D eigenvalue weighted by atomic mass is 16.5. The van der Waals surface area contributed by atoms with Crippen LogP contribution < -0.4 is 5.32 Å². The number of fused-ring (bicyclic) bond motifs is 2. The van der Waals surface area contributed by atoms with Crippen molar-refractivity contribution in [1.82, 2.24) is 19.5 Å². The predicted octanol–water partition coefficient (Wildman–Crippen LogP) is 5.83. The van der Waals surface area contributed by atoms with Gasteiger partial charge in [-0.25, -0.2) is 15.0 Å². The van der Waals surface area contributed by atoms with Crippen LogP contribution in [-0.4, -0.2) is 54.1 Å². The first-order chi connectivity index (χ1) is 19.3. The van der Waals surface area contributed by atoms with E-state index in [1.54, 1.807) is 6.33 Å². The number of benzene rings is 1. The van der Waals surface area contributed by atoms with Crippen molar-refractivity contribution < 1.29 is 21.2 Å². The molecule has 0 radical (unpaired) electrons. The molecule has 0 saturated heterocycles. The maximum atomic E-state index is 12.2. The van der Waals surface area contributed by atoms with Crippen LogP contribution in [0.5, 0.6) is 0 Å². The molecule has 1 aromatic carbocycles. The largest absolute Gasteiger partial charge is 0.469 e. The summed E-state index contributed by atoms with van der Waals surface area (Å²) in [5.74, 6) is -0.210. The summed E-state index contributed by atoms with van der Waals surface area (Å²) < 4.78 is 7.31. The molecule has 0 aliphatic heterocycles. The predicted molar refractivity (Wildman–Crippen MR) is 164 cm³/mol. The van der Waals surface area contributed by atoms with Crippen LogP contribution in [0.3, 0.4) is 0 Å². The van der Waals surface area contributed by atoms with Crippen molar-refractivity contribution in [3.8, 4) is 0 Å². The van der Waals surface area contributed by atoms with Crippen LogP contribution in [0.1, 0.15) is 78.9 Å². The minimum Gasteiger partial charge on any atom is -0.469 e. The van der Waals surface area contributed by atoms with Crippen molar-refractivity contribution in [2.75, 3.05) is 12.4 Å². The number of ether oxygens (including phenoxy) is 1. The van der Waals surface area contributed by atoms with E-state index < -0.39 is 5.79 Å². The molecule has 1 fully saturated rings. The third-order valence-corrected chi connectivity index (χ3v) is 7.18. The van der Waals surface area contributed by atoms with E-state index in [9.17, 15) is 4.79 Å². The van der Waals surface area contributed by atoms with Gasteiger partial charge in [-0.2, -0.15) is 0 Å². The number of aryl methyl sites for hydroxylation is 1. The van der Waals surface area contributed by atoms with Gasteiger partial charge in [-0.05, 0) is 114 Å². The normalized spacial score (nSPS) is 17.4. The maximum Gasteiger partial charge on any atom is 0.309 e. The van der Waals surface area contributed by atoms with Gasteiger partial charge in [0, 0.05) is 36.2 Å². The lowest BCUT2D eigenvalue weighted by atomic mass is 9.93. The minimum atomic E-state index is -1.50. The number of hydrogen-bond acceptors (Lipinski definition) is 8. The molecule has 3 aromatic heterocycles. The van der Waals surface area contributed by atoms with E-state index in [0.717, 1.165) is 59.0 Å². The second-order valence-electron chi connectivity index (χ2n) is 12.5. The van der Waals surface area contributed by atoms with Gasteiger partial charge in [0.05, 0.1) is 19.0 Å². The Kier molecular flexibility index (Phi) is 9.29. The van der Waals surface area contributed by atoms with Gasteiger partial charge in [-0.3, -0.25) is 4.79 Å². The Labute approximate surface area is 243 Å². The number of esters is 1. The molecule has 222 valence electrons. The molecule has 5 rings (SSSR count). The summed E-state index contributed by atoms with van der Waals surface area (Å²) in [6, 6.07) is 10.9. The molecule has 2 atom stereocenters. The Bertz CT molecular complexity index is 1490. The van der Waals surface area contributed by atoms with Crippen LogP contribution in [0.4, 0.5) is 5.82 Å².